The van der Waals surface area contributed by atoms with Crippen LogP contribution >= 0.6 is 0 Å². The van der Waals surface area contributed by atoms with Crippen LogP contribution in [-0.4, -0.2) is 12.1 Å². The highest BCUT2D eigenvalue weighted by atomic mass is 16.5. The molecule has 0 radical (unpaired) electrons. The summed E-state index contributed by atoms with van der Waals surface area (Å²) >= 11 is 0. The number of hydrogen-bond donors (Lipinski definition) is 2. The monoisotopic (exact) mass is 279 g/mol. The van der Waals surface area contributed by atoms with E-state index in [-0.39, 0.29) is 0 Å². The summed E-state index contributed by atoms with van der Waals surface area (Å²) < 4.78 is 5.23. The highest BCUT2D eigenvalue weighted by molar-refractivity contribution is 5.96. The molecule has 0 aliphatic carbocycles. The molecule has 21 heavy (non-hydrogen) atoms. The van der Waals surface area contributed by atoms with Gasteiger partial charge in [-0.25, -0.2) is 0 Å². The van der Waals surface area contributed by atoms with Gasteiger partial charge in [0.15, 0.2) is 0 Å². The Hall–Kier alpha value is -2.75. The number of benzene rings is 2. The topological polar surface area (TPSA) is 60.2 Å². The number of methoxy groups -OCH3 is 1. The smallest absolute Gasteiger partial charge is 0.119 e. The van der Waals surface area contributed by atoms with E-state index < -0.39 is 0 Å². The summed E-state index contributed by atoms with van der Waals surface area (Å²) in [6, 6.07) is 15.8. The lowest BCUT2D eigenvalue weighted by Crippen LogP contribution is -2.03. The molecule has 0 bridgehead atoms. The van der Waals surface area contributed by atoms with Crippen molar-refractivity contribution >= 4 is 22.3 Å². The minimum atomic E-state index is 0.688. The van der Waals surface area contributed by atoms with Crippen molar-refractivity contribution in [2.24, 2.45) is 0 Å². The number of hydrogen-bond acceptors (Lipinski definition) is 4. The van der Waals surface area contributed by atoms with Gasteiger partial charge in [0.25, 0.3) is 0 Å². The highest BCUT2D eigenvalue weighted by Crippen LogP contribution is 2.27. The molecule has 0 amide bonds. The van der Waals surface area contributed by atoms with Gasteiger partial charge < -0.3 is 15.8 Å². The van der Waals surface area contributed by atoms with Crippen LogP contribution in [0.5, 0.6) is 5.75 Å². The number of ether oxygens (including phenoxy) is 1. The fourth-order valence-corrected chi connectivity index (χ4v) is 2.31. The summed E-state index contributed by atoms with van der Waals surface area (Å²) in [6.07, 6.45) is 1.77. The maximum atomic E-state index is 6.21. The predicted octanol–water partition coefficient (Wildman–Crippen LogP) is 3.44. The lowest BCUT2D eigenvalue weighted by atomic mass is 10.1. The molecule has 106 valence electrons. The third kappa shape index (κ3) is 2.74. The Balaban J connectivity index is 1.83. The Morgan fingerprint density at radius 1 is 1.14 bits per heavy atom. The van der Waals surface area contributed by atoms with Gasteiger partial charge in [0.1, 0.15) is 5.75 Å². The minimum Gasteiger partial charge on any atom is -0.497 e. The first-order valence-corrected chi connectivity index (χ1v) is 6.78. The van der Waals surface area contributed by atoms with Crippen LogP contribution in [-0.2, 0) is 6.54 Å². The number of nitrogens with one attached hydrogen (secondary N) is 1. The van der Waals surface area contributed by atoms with Crippen molar-refractivity contribution in [1.82, 2.24) is 4.98 Å². The van der Waals surface area contributed by atoms with Gasteiger partial charge in [0.05, 0.1) is 24.0 Å². The number of anilines is 2. The molecule has 2 aromatic carbocycles. The first-order valence-electron chi connectivity index (χ1n) is 6.78. The fraction of sp³-hybridized carbons (Fsp3) is 0.118. The van der Waals surface area contributed by atoms with Gasteiger partial charge >= 0.3 is 0 Å². The molecule has 3 aromatic rings. The average molecular weight is 279 g/mol. The third-order valence-corrected chi connectivity index (χ3v) is 3.44. The van der Waals surface area contributed by atoms with E-state index in [1.807, 2.05) is 48.5 Å². The van der Waals surface area contributed by atoms with Gasteiger partial charge in [0.2, 0.25) is 0 Å². The van der Waals surface area contributed by atoms with Crippen molar-refractivity contribution in [3.05, 3.63) is 60.3 Å². The summed E-state index contributed by atoms with van der Waals surface area (Å²) in [4.78, 5) is 4.30. The van der Waals surface area contributed by atoms with Crippen LogP contribution in [0.15, 0.2) is 54.7 Å². The van der Waals surface area contributed by atoms with E-state index in [4.69, 9.17) is 10.5 Å². The third-order valence-electron chi connectivity index (χ3n) is 3.44. The quantitative estimate of drug-likeness (QED) is 0.718. The van der Waals surface area contributed by atoms with E-state index >= 15 is 0 Å². The van der Waals surface area contributed by atoms with E-state index in [0.717, 1.165) is 33.6 Å². The number of rotatable bonds is 4. The van der Waals surface area contributed by atoms with Gasteiger partial charge in [0, 0.05) is 18.1 Å². The number of nitrogens with zero attached hydrogens (tertiary/aromatic N) is 1. The van der Waals surface area contributed by atoms with Crippen LogP contribution in [0.2, 0.25) is 0 Å². The standard InChI is InChI=1S/C17H17N3O/c1-21-13-5-2-4-12(10-13)11-20-16-8-7-15-14(17(16)18)6-3-9-19-15/h2-10,20H,11,18H2,1H3. The SMILES string of the molecule is COc1cccc(CNc2ccc3ncccc3c2N)c1. The lowest BCUT2D eigenvalue weighted by Gasteiger charge is -2.12. The van der Waals surface area contributed by atoms with Crippen molar-refractivity contribution in [3.8, 4) is 5.75 Å². The maximum absolute atomic E-state index is 6.21. The van der Waals surface area contributed by atoms with E-state index in [2.05, 4.69) is 10.3 Å². The van der Waals surface area contributed by atoms with Crippen molar-refractivity contribution in [1.29, 1.82) is 0 Å². The Bertz CT molecular complexity index is 771. The van der Waals surface area contributed by atoms with Gasteiger partial charge in [-0.2, -0.15) is 0 Å². The summed E-state index contributed by atoms with van der Waals surface area (Å²) in [5, 5.41) is 4.33. The molecule has 0 saturated carbocycles. The molecule has 0 spiro atoms. The molecule has 4 heteroatoms. The molecule has 0 fully saturated rings. The van der Waals surface area contributed by atoms with E-state index in [0.29, 0.717) is 6.54 Å². The molecule has 0 saturated heterocycles. The Labute approximate surface area is 123 Å². The summed E-state index contributed by atoms with van der Waals surface area (Å²) in [7, 11) is 1.67. The minimum absolute atomic E-state index is 0.688. The van der Waals surface area contributed by atoms with Gasteiger partial charge in [-0.1, -0.05) is 12.1 Å². The Kier molecular flexibility index (Phi) is 3.60. The molecule has 1 aromatic heterocycles. The van der Waals surface area contributed by atoms with Crippen LogP contribution in [0, 0.1) is 0 Å². The van der Waals surface area contributed by atoms with Crippen LogP contribution in [0.4, 0.5) is 11.4 Å². The number of nitrogen functional groups attached to an aromatic ring is 1. The predicted molar refractivity (Wildman–Crippen MR) is 86.5 cm³/mol. The Morgan fingerprint density at radius 2 is 2.05 bits per heavy atom. The molecule has 1 heterocycles. The first kappa shape index (κ1) is 13.2. The molecule has 0 aliphatic rings. The molecular formula is C17H17N3O. The molecule has 0 aliphatic heterocycles. The van der Waals surface area contributed by atoms with Crippen LogP contribution in [0.25, 0.3) is 10.9 Å². The highest BCUT2D eigenvalue weighted by Gasteiger charge is 2.05. The fourth-order valence-electron chi connectivity index (χ4n) is 2.31. The van der Waals surface area contributed by atoms with Gasteiger partial charge in [-0.05, 0) is 42.0 Å². The second-order valence-electron chi connectivity index (χ2n) is 4.80. The summed E-state index contributed by atoms with van der Waals surface area (Å²) in [5.41, 5.74) is 9.90. The number of pyridine rings is 1. The first-order chi connectivity index (χ1) is 10.3. The van der Waals surface area contributed by atoms with E-state index in [1.165, 1.54) is 0 Å². The van der Waals surface area contributed by atoms with E-state index in [9.17, 15) is 0 Å². The van der Waals surface area contributed by atoms with Crippen molar-refractivity contribution in [3.63, 3.8) is 0 Å². The van der Waals surface area contributed by atoms with Gasteiger partial charge in [-0.3, -0.25) is 4.98 Å². The largest absolute Gasteiger partial charge is 0.497 e. The zero-order chi connectivity index (χ0) is 14.7. The zero-order valence-corrected chi connectivity index (χ0v) is 11.8. The maximum Gasteiger partial charge on any atom is 0.119 e. The Morgan fingerprint density at radius 3 is 2.90 bits per heavy atom. The second-order valence-corrected chi connectivity index (χ2v) is 4.80. The number of fused-ring (bicyclic) bond motifs is 1. The molecular weight excluding hydrogens is 262 g/mol. The second kappa shape index (κ2) is 5.71. The number of nitrogens with two attached hydrogens (primary N) is 1. The van der Waals surface area contributed by atoms with Crippen molar-refractivity contribution in [2.45, 2.75) is 6.54 Å². The van der Waals surface area contributed by atoms with E-state index in [1.54, 1.807) is 13.3 Å². The zero-order valence-electron chi connectivity index (χ0n) is 11.8. The van der Waals surface area contributed by atoms with Crippen LogP contribution in [0.3, 0.4) is 0 Å². The molecule has 3 N–H and O–H groups in total. The average Bonchev–Trinajstić information content (AvgIpc) is 2.55. The lowest BCUT2D eigenvalue weighted by molar-refractivity contribution is 0.414. The van der Waals surface area contributed by atoms with Crippen LogP contribution in [0.1, 0.15) is 5.56 Å². The molecule has 3 rings (SSSR count). The van der Waals surface area contributed by atoms with Crippen LogP contribution < -0.4 is 15.8 Å². The normalized spacial score (nSPS) is 10.5. The summed E-state index contributed by atoms with van der Waals surface area (Å²) in [5.74, 6) is 0.852. The molecule has 0 atom stereocenters. The van der Waals surface area contributed by atoms with Crippen molar-refractivity contribution < 1.29 is 4.74 Å². The molecule has 0 unspecified atom stereocenters. The molecule has 4 nitrogen and oxygen atoms in total. The number of aromatic nitrogens is 1. The van der Waals surface area contributed by atoms with Gasteiger partial charge in [-0.15, -0.1) is 0 Å². The summed E-state index contributed by atoms with van der Waals surface area (Å²) in [6.45, 7) is 0.688. The van der Waals surface area contributed by atoms with Crippen molar-refractivity contribution in [2.75, 3.05) is 18.2 Å².